The molecule has 0 radical (unpaired) electrons. The molecule has 0 aromatic heterocycles. The van der Waals surface area contributed by atoms with Crippen LogP contribution in [0.1, 0.15) is 46.0 Å². The summed E-state index contributed by atoms with van der Waals surface area (Å²) in [5.74, 6) is 0.928. The van der Waals surface area contributed by atoms with Crippen molar-refractivity contribution in [2.45, 2.75) is 46.0 Å². The van der Waals surface area contributed by atoms with E-state index in [0.717, 1.165) is 0 Å². The van der Waals surface area contributed by atoms with E-state index in [1.807, 2.05) is 13.8 Å². The van der Waals surface area contributed by atoms with Gasteiger partial charge in [0.25, 0.3) is 0 Å². The first kappa shape index (κ1) is 12.3. The van der Waals surface area contributed by atoms with Gasteiger partial charge >= 0.3 is 6.16 Å². The van der Waals surface area contributed by atoms with Gasteiger partial charge in [-0.1, -0.05) is 33.1 Å². The zero-order valence-corrected chi connectivity index (χ0v) is 9.83. The van der Waals surface area contributed by atoms with E-state index in [9.17, 15) is 4.79 Å². The molecule has 0 amide bonds. The lowest BCUT2D eigenvalue weighted by molar-refractivity contribution is 0.0333. The van der Waals surface area contributed by atoms with Gasteiger partial charge in [-0.2, -0.15) is 0 Å². The van der Waals surface area contributed by atoms with E-state index in [4.69, 9.17) is 9.47 Å². The van der Waals surface area contributed by atoms with Gasteiger partial charge in [0.15, 0.2) is 0 Å². The van der Waals surface area contributed by atoms with Crippen molar-refractivity contribution in [3.05, 3.63) is 0 Å². The maximum absolute atomic E-state index is 11.1. The minimum atomic E-state index is -0.505. The number of carbonyl (C=O) groups excluding carboxylic acids is 1. The minimum absolute atomic E-state index is 0.368. The lowest BCUT2D eigenvalue weighted by Gasteiger charge is -2.20. The molecule has 3 nitrogen and oxygen atoms in total. The molecular formula is C12H22O3. The van der Waals surface area contributed by atoms with Gasteiger partial charge in [0.05, 0.1) is 13.2 Å². The third-order valence-electron chi connectivity index (χ3n) is 2.70. The summed E-state index contributed by atoms with van der Waals surface area (Å²) in [4.78, 5) is 11.1. The average Bonchev–Trinajstić information content (AvgIpc) is 2.25. The second-order valence-corrected chi connectivity index (χ2v) is 4.77. The second kappa shape index (κ2) is 6.70. The van der Waals surface area contributed by atoms with E-state index in [0.29, 0.717) is 25.0 Å². The fourth-order valence-electron chi connectivity index (χ4n) is 1.82. The molecular weight excluding hydrogens is 192 g/mol. The molecule has 88 valence electrons. The van der Waals surface area contributed by atoms with Crippen LogP contribution < -0.4 is 0 Å². The van der Waals surface area contributed by atoms with Crippen LogP contribution in [0.2, 0.25) is 0 Å². The predicted molar refractivity (Wildman–Crippen MR) is 58.7 cm³/mol. The van der Waals surface area contributed by atoms with Crippen molar-refractivity contribution in [1.82, 2.24) is 0 Å². The molecule has 1 rings (SSSR count). The third kappa shape index (κ3) is 5.65. The highest BCUT2D eigenvalue weighted by Gasteiger charge is 2.15. The highest BCUT2D eigenvalue weighted by molar-refractivity contribution is 5.59. The largest absolute Gasteiger partial charge is 0.508 e. The summed E-state index contributed by atoms with van der Waals surface area (Å²) in [5, 5.41) is 0. The van der Waals surface area contributed by atoms with E-state index >= 15 is 0 Å². The zero-order chi connectivity index (χ0) is 11.1. The number of hydrogen-bond donors (Lipinski definition) is 0. The number of carbonyl (C=O) groups is 1. The fourth-order valence-corrected chi connectivity index (χ4v) is 1.82. The normalized spacial score (nSPS) is 17.8. The lowest BCUT2D eigenvalue weighted by atomic mass is 9.90. The van der Waals surface area contributed by atoms with Crippen molar-refractivity contribution >= 4 is 6.16 Å². The Balaban J connectivity index is 2.05. The van der Waals surface area contributed by atoms with Crippen molar-refractivity contribution in [2.24, 2.45) is 11.8 Å². The van der Waals surface area contributed by atoms with E-state index in [2.05, 4.69) is 0 Å². The Morgan fingerprint density at radius 1 is 1.20 bits per heavy atom. The maximum atomic E-state index is 11.1. The molecule has 0 atom stereocenters. The number of hydrogen-bond acceptors (Lipinski definition) is 3. The Hall–Kier alpha value is -0.730. The Morgan fingerprint density at radius 2 is 1.87 bits per heavy atom. The third-order valence-corrected chi connectivity index (χ3v) is 2.70. The van der Waals surface area contributed by atoms with Gasteiger partial charge in [-0.15, -0.1) is 0 Å². The molecule has 0 unspecified atom stereocenters. The summed E-state index contributed by atoms with van der Waals surface area (Å²) in [6, 6.07) is 0. The van der Waals surface area contributed by atoms with Crippen LogP contribution in [0.15, 0.2) is 0 Å². The predicted octanol–water partition coefficient (Wildman–Crippen LogP) is 3.38. The first-order valence-electron chi connectivity index (χ1n) is 5.98. The minimum Gasteiger partial charge on any atom is -0.434 e. The molecule has 0 saturated heterocycles. The van der Waals surface area contributed by atoms with Crippen LogP contribution in [0.3, 0.4) is 0 Å². The zero-order valence-electron chi connectivity index (χ0n) is 9.83. The van der Waals surface area contributed by atoms with Crippen molar-refractivity contribution < 1.29 is 14.3 Å². The fraction of sp³-hybridized carbons (Fsp3) is 0.917. The molecule has 0 N–H and O–H groups in total. The molecule has 0 aromatic rings. The quantitative estimate of drug-likeness (QED) is 0.673. The lowest BCUT2D eigenvalue weighted by Crippen LogP contribution is -2.18. The van der Waals surface area contributed by atoms with Crippen LogP contribution in [0.5, 0.6) is 0 Å². The summed E-state index contributed by atoms with van der Waals surface area (Å²) < 4.78 is 10.0. The van der Waals surface area contributed by atoms with Crippen molar-refractivity contribution in [3.8, 4) is 0 Å². The molecule has 1 aliphatic carbocycles. The van der Waals surface area contributed by atoms with E-state index in [1.165, 1.54) is 32.1 Å². The topological polar surface area (TPSA) is 35.5 Å². The van der Waals surface area contributed by atoms with Crippen LogP contribution in [-0.4, -0.2) is 19.4 Å². The van der Waals surface area contributed by atoms with E-state index in [1.54, 1.807) is 0 Å². The molecule has 3 heteroatoms. The van der Waals surface area contributed by atoms with Crippen molar-refractivity contribution in [2.75, 3.05) is 13.2 Å². The summed E-state index contributed by atoms with van der Waals surface area (Å²) >= 11 is 0. The van der Waals surface area contributed by atoms with E-state index in [-0.39, 0.29) is 0 Å². The molecule has 0 aromatic carbocycles. The summed E-state index contributed by atoms with van der Waals surface area (Å²) in [6.45, 7) is 5.00. The maximum Gasteiger partial charge on any atom is 0.508 e. The summed E-state index contributed by atoms with van der Waals surface area (Å²) in [5.41, 5.74) is 0. The van der Waals surface area contributed by atoms with Crippen molar-refractivity contribution in [3.63, 3.8) is 0 Å². The Labute approximate surface area is 92.1 Å². The molecule has 0 bridgehead atoms. The Morgan fingerprint density at radius 3 is 2.47 bits per heavy atom. The molecule has 15 heavy (non-hydrogen) atoms. The molecule has 0 aliphatic heterocycles. The smallest absolute Gasteiger partial charge is 0.434 e. The van der Waals surface area contributed by atoms with Gasteiger partial charge in [-0.3, -0.25) is 0 Å². The molecule has 1 aliphatic rings. The van der Waals surface area contributed by atoms with Crippen LogP contribution >= 0.6 is 0 Å². The van der Waals surface area contributed by atoms with Crippen LogP contribution in [0.25, 0.3) is 0 Å². The monoisotopic (exact) mass is 214 g/mol. The van der Waals surface area contributed by atoms with Gasteiger partial charge in [0, 0.05) is 0 Å². The summed E-state index contributed by atoms with van der Waals surface area (Å²) in [6.07, 6.45) is 5.75. The standard InChI is InChI=1S/C12H22O3/c1-10(2)8-14-12(13)15-9-11-6-4-3-5-7-11/h10-11H,3-9H2,1-2H3. The molecule has 0 spiro atoms. The van der Waals surface area contributed by atoms with Gasteiger partial charge in [-0.05, 0) is 24.7 Å². The number of rotatable bonds is 4. The first-order chi connectivity index (χ1) is 7.18. The number of ether oxygens (including phenoxy) is 2. The average molecular weight is 214 g/mol. The first-order valence-corrected chi connectivity index (χ1v) is 5.98. The molecule has 1 fully saturated rings. The van der Waals surface area contributed by atoms with Crippen LogP contribution in [0.4, 0.5) is 4.79 Å². The molecule has 0 heterocycles. The van der Waals surface area contributed by atoms with Crippen LogP contribution in [0, 0.1) is 11.8 Å². The van der Waals surface area contributed by atoms with Gasteiger partial charge < -0.3 is 9.47 Å². The Kier molecular flexibility index (Phi) is 5.51. The van der Waals surface area contributed by atoms with Crippen molar-refractivity contribution in [1.29, 1.82) is 0 Å². The van der Waals surface area contributed by atoms with Gasteiger partial charge in [-0.25, -0.2) is 4.79 Å². The highest BCUT2D eigenvalue weighted by Crippen LogP contribution is 2.23. The van der Waals surface area contributed by atoms with Gasteiger partial charge in [0.1, 0.15) is 0 Å². The molecule has 1 saturated carbocycles. The van der Waals surface area contributed by atoms with E-state index < -0.39 is 6.16 Å². The second-order valence-electron chi connectivity index (χ2n) is 4.77. The van der Waals surface area contributed by atoms with Crippen LogP contribution in [-0.2, 0) is 9.47 Å². The summed E-state index contributed by atoms with van der Waals surface area (Å²) in [7, 11) is 0. The SMILES string of the molecule is CC(C)COC(=O)OCC1CCCCC1. The highest BCUT2D eigenvalue weighted by atomic mass is 16.7. The van der Waals surface area contributed by atoms with Gasteiger partial charge in [0.2, 0.25) is 0 Å². The Bertz CT molecular complexity index is 183.